The van der Waals surface area contributed by atoms with E-state index in [4.69, 9.17) is 23.2 Å². The number of benzene rings is 2. The first-order chi connectivity index (χ1) is 11.1. The van der Waals surface area contributed by atoms with Crippen LogP contribution in [-0.2, 0) is 11.2 Å². The summed E-state index contributed by atoms with van der Waals surface area (Å²) in [6.07, 6.45) is 1.12. The van der Waals surface area contributed by atoms with Crippen molar-refractivity contribution in [2.75, 3.05) is 18.4 Å². The zero-order valence-corrected chi connectivity index (χ0v) is 14.5. The molecule has 2 aromatic rings. The van der Waals surface area contributed by atoms with Gasteiger partial charge in [0.05, 0.1) is 0 Å². The van der Waals surface area contributed by atoms with Crippen LogP contribution in [0.15, 0.2) is 42.5 Å². The van der Waals surface area contributed by atoms with Gasteiger partial charge in [0, 0.05) is 35.2 Å². The Morgan fingerprint density at radius 3 is 2.61 bits per heavy atom. The van der Waals surface area contributed by atoms with Crippen molar-refractivity contribution in [2.24, 2.45) is 0 Å². The van der Waals surface area contributed by atoms with Gasteiger partial charge in [-0.05, 0) is 42.7 Å². The van der Waals surface area contributed by atoms with E-state index in [0.29, 0.717) is 36.0 Å². The predicted octanol–water partition coefficient (Wildman–Crippen LogP) is 4.46. The monoisotopic (exact) mass is 350 g/mol. The van der Waals surface area contributed by atoms with E-state index < -0.39 is 0 Å². The predicted molar refractivity (Wildman–Crippen MR) is 97.5 cm³/mol. The molecule has 2 N–H and O–H groups in total. The lowest BCUT2D eigenvalue weighted by Gasteiger charge is -2.10. The van der Waals surface area contributed by atoms with Gasteiger partial charge in [-0.1, -0.05) is 47.5 Å². The molecule has 2 aromatic carbocycles. The highest BCUT2D eigenvalue weighted by molar-refractivity contribution is 6.35. The summed E-state index contributed by atoms with van der Waals surface area (Å²) < 4.78 is 0. The molecule has 2 rings (SSSR count). The van der Waals surface area contributed by atoms with Gasteiger partial charge >= 0.3 is 0 Å². The number of para-hydroxylation sites is 1. The van der Waals surface area contributed by atoms with Gasteiger partial charge in [-0.3, -0.25) is 4.79 Å². The molecule has 0 radical (unpaired) electrons. The van der Waals surface area contributed by atoms with E-state index in [2.05, 4.69) is 10.6 Å². The summed E-state index contributed by atoms with van der Waals surface area (Å²) in [6, 6.07) is 13.4. The Kier molecular flexibility index (Phi) is 6.75. The zero-order chi connectivity index (χ0) is 16.7. The molecule has 0 saturated carbocycles. The Balaban J connectivity index is 1.68. The Morgan fingerprint density at radius 1 is 1.09 bits per heavy atom. The number of carbonyl (C=O) groups is 1. The lowest BCUT2D eigenvalue weighted by Crippen LogP contribution is -2.27. The standard InChI is InChI=1S/C18H20Cl2N2O/c1-13-4-2-3-5-17(13)21-11-9-18(23)22-10-8-14-6-7-15(19)12-16(14)20/h2-7,12,21H,8-11H2,1H3,(H,22,23). The Hall–Kier alpha value is -1.71. The molecule has 0 bridgehead atoms. The maximum Gasteiger partial charge on any atom is 0.221 e. The number of anilines is 1. The van der Waals surface area contributed by atoms with Crippen LogP contribution in [0.4, 0.5) is 5.69 Å². The summed E-state index contributed by atoms with van der Waals surface area (Å²) in [5.41, 5.74) is 3.22. The van der Waals surface area contributed by atoms with Gasteiger partial charge in [0.25, 0.3) is 0 Å². The first-order valence-corrected chi connectivity index (χ1v) is 8.32. The van der Waals surface area contributed by atoms with Crippen molar-refractivity contribution in [3.05, 3.63) is 63.6 Å². The molecular formula is C18H20Cl2N2O. The SMILES string of the molecule is Cc1ccccc1NCCC(=O)NCCc1ccc(Cl)cc1Cl. The molecule has 0 fully saturated rings. The van der Waals surface area contributed by atoms with E-state index in [-0.39, 0.29) is 5.91 Å². The number of aryl methyl sites for hydroxylation is 1. The summed E-state index contributed by atoms with van der Waals surface area (Å²) in [7, 11) is 0. The summed E-state index contributed by atoms with van der Waals surface area (Å²) in [6.45, 7) is 3.21. The number of nitrogens with one attached hydrogen (secondary N) is 2. The van der Waals surface area contributed by atoms with Crippen LogP contribution in [0.1, 0.15) is 17.5 Å². The second-order valence-electron chi connectivity index (χ2n) is 5.33. The molecule has 0 heterocycles. The fraction of sp³-hybridized carbons (Fsp3) is 0.278. The van der Waals surface area contributed by atoms with Crippen molar-refractivity contribution in [1.29, 1.82) is 0 Å². The molecule has 0 saturated heterocycles. The molecule has 0 aliphatic rings. The van der Waals surface area contributed by atoms with Crippen LogP contribution in [0.5, 0.6) is 0 Å². The van der Waals surface area contributed by atoms with E-state index in [1.54, 1.807) is 12.1 Å². The zero-order valence-electron chi connectivity index (χ0n) is 13.0. The van der Waals surface area contributed by atoms with Crippen LogP contribution in [-0.4, -0.2) is 19.0 Å². The normalized spacial score (nSPS) is 10.4. The first kappa shape index (κ1) is 17.6. The van der Waals surface area contributed by atoms with Gasteiger partial charge < -0.3 is 10.6 Å². The van der Waals surface area contributed by atoms with E-state index >= 15 is 0 Å². The van der Waals surface area contributed by atoms with Gasteiger partial charge in [0.15, 0.2) is 0 Å². The van der Waals surface area contributed by atoms with E-state index in [9.17, 15) is 4.79 Å². The van der Waals surface area contributed by atoms with Crippen molar-refractivity contribution in [3.63, 3.8) is 0 Å². The van der Waals surface area contributed by atoms with Crippen molar-refractivity contribution in [2.45, 2.75) is 19.8 Å². The molecule has 0 aliphatic heterocycles. The molecule has 23 heavy (non-hydrogen) atoms. The molecule has 0 spiro atoms. The highest BCUT2D eigenvalue weighted by atomic mass is 35.5. The quantitative estimate of drug-likeness (QED) is 0.773. The highest BCUT2D eigenvalue weighted by Crippen LogP contribution is 2.21. The minimum atomic E-state index is 0.0242. The number of hydrogen-bond donors (Lipinski definition) is 2. The van der Waals surface area contributed by atoms with Crippen molar-refractivity contribution in [1.82, 2.24) is 5.32 Å². The summed E-state index contributed by atoms with van der Waals surface area (Å²) in [5.74, 6) is 0.0242. The van der Waals surface area contributed by atoms with Crippen LogP contribution in [0.25, 0.3) is 0 Å². The smallest absolute Gasteiger partial charge is 0.221 e. The second kappa shape index (κ2) is 8.80. The molecule has 122 valence electrons. The average Bonchev–Trinajstić information content (AvgIpc) is 2.51. The van der Waals surface area contributed by atoms with E-state index in [1.165, 1.54) is 5.56 Å². The van der Waals surface area contributed by atoms with Gasteiger partial charge in [-0.25, -0.2) is 0 Å². The Morgan fingerprint density at radius 2 is 1.87 bits per heavy atom. The Bertz CT molecular complexity index is 674. The van der Waals surface area contributed by atoms with Gasteiger partial charge in [0.1, 0.15) is 0 Å². The van der Waals surface area contributed by atoms with Crippen LogP contribution in [0, 0.1) is 6.92 Å². The number of rotatable bonds is 7. The number of halogens is 2. The lowest BCUT2D eigenvalue weighted by atomic mass is 10.1. The maximum absolute atomic E-state index is 11.8. The molecule has 0 atom stereocenters. The van der Waals surface area contributed by atoms with Gasteiger partial charge in [-0.2, -0.15) is 0 Å². The van der Waals surface area contributed by atoms with Crippen molar-refractivity contribution >= 4 is 34.8 Å². The molecule has 5 heteroatoms. The maximum atomic E-state index is 11.8. The molecular weight excluding hydrogens is 331 g/mol. The molecule has 0 aromatic heterocycles. The van der Waals surface area contributed by atoms with E-state index in [1.807, 2.05) is 37.3 Å². The molecule has 0 unspecified atom stereocenters. The Labute approximate surface area is 147 Å². The van der Waals surface area contributed by atoms with Crippen molar-refractivity contribution in [3.8, 4) is 0 Å². The third kappa shape index (κ3) is 5.77. The summed E-state index contributed by atoms with van der Waals surface area (Å²) >= 11 is 12.0. The molecule has 0 aliphatic carbocycles. The van der Waals surface area contributed by atoms with E-state index in [0.717, 1.165) is 11.3 Å². The highest BCUT2D eigenvalue weighted by Gasteiger charge is 2.04. The fourth-order valence-corrected chi connectivity index (χ4v) is 2.73. The average molecular weight is 351 g/mol. The van der Waals surface area contributed by atoms with Gasteiger partial charge in [-0.15, -0.1) is 0 Å². The number of carbonyl (C=O) groups excluding carboxylic acids is 1. The number of amides is 1. The van der Waals surface area contributed by atoms with Crippen LogP contribution < -0.4 is 10.6 Å². The second-order valence-corrected chi connectivity index (χ2v) is 6.17. The summed E-state index contributed by atoms with van der Waals surface area (Å²) in [4.78, 5) is 11.8. The van der Waals surface area contributed by atoms with Crippen LogP contribution >= 0.6 is 23.2 Å². The minimum absolute atomic E-state index is 0.0242. The summed E-state index contributed by atoms with van der Waals surface area (Å²) in [5, 5.41) is 7.42. The third-order valence-corrected chi connectivity index (χ3v) is 4.13. The topological polar surface area (TPSA) is 41.1 Å². The first-order valence-electron chi connectivity index (χ1n) is 7.56. The number of hydrogen-bond acceptors (Lipinski definition) is 2. The van der Waals surface area contributed by atoms with Gasteiger partial charge in [0.2, 0.25) is 5.91 Å². The van der Waals surface area contributed by atoms with Crippen LogP contribution in [0.3, 0.4) is 0 Å². The van der Waals surface area contributed by atoms with Crippen molar-refractivity contribution < 1.29 is 4.79 Å². The van der Waals surface area contributed by atoms with Crippen LogP contribution in [0.2, 0.25) is 10.0 Å². The minimum Gasteiger partial charge on any atom is -0.384 e. The molecule has 3 nitrogen and oxygen atoms in total. The largest absolute Gasteiger partial charge is 0.384 e. The molecule has 1 amide bonds. The fourth-order valence-electron chi connectivity index (χ4n) is 2.23. The third-order valence-electron chi connectivity index (χ3n) is 3.54. The lowest BCUT2D eigenvalue weighted by molar-refractivity contribution is -0.120.